The van der Waals surface area contributed by atoms with Gasteiger partial charge < -0.3 is 9.47 Å². The molecule has 0 spiro atoms. The van der Waals surface area contributed by atoms with Gasteiger partial charge in [0, 0.05) is 23.0 Å². The summed E-state index contributed by atoms with van der Waals surface area (Å²) in [6.45, 7) is 0. The Bertz CT molecular complexity index is 833. The van der Waals surface area contributed by atoms with E-state index in [9.17, 15) is 0 Å². The van der Waals surface area contributed by atoms with Gasteiger partial charge in [0.15, 0.2) is 0 Å². The number of methoxy groups -OCH3 is 2. The van der Waals surface area contributed by atoms with Gasteiger partial charge in [-0.3, -0.25) is 0 Å². The van der Waals surface area contributed by atoms with Crippen LogP contribution in [0.3, 0.4) is 0 Å². The van der Waals surface area contributed by atoms with Gasteiger partial charge in [-0.05, 0) is 34.4 Å². The van der Waals surface area contributed by atoms with Gasteiger partial charge in [0.1, 0.15) is 11.5 Å². The molecule has 0 heterocycles. The number of hydrogen-bond acceptors (Lipinski definition) is 2. The fourth-order valence-corrected chi connectivity index (χ4v) is 4.58. The molecule has 6 rings (SSSR count). The van der Waals surface area contributed by atoms with Crippen molar-refractivity contribution >= 4 is 0 Å². The molecule has 0 saturated carbocycles. The first-order valence-corrected chi connectivity index (χ1v) is 8.27. The predicted molar refractivity (Wildman–Crippen MR) is 94.3 cm³/mol. The van der Waals surface area contributed by atoms with E-state index in [4.69, 9.17) is 9.47 Å². The molecule has 0 aromatic heterocycles. The maximum absolute atomic E-state index is 5.74. The first kappa shape index (κ1) is 13.7. The standard InChI is InChI=1S/C22H18O2/c1-23-17-11-12-18(24-2)22-20-15-9-5-3-7-13(15)19(21(17)22)14-8-4-6-10-16(14)20/h3-12,19-20H,1-2H3. The van der Waals surface area contributed by atoms with Crippen LogP contribution in [0.15, 0.2) is 60.7 Å². The zero-order chi connectivity index (χ0) is 16.3. The van der Waals surface area contributed by atoms with Crippen LogP contribution >= 0.6 is 0 Å². The molecular weight excluding hydrogens is 296 g/mol. The molecule has 0 N–H and O–H groups in total. The monoisotopic (exact) mass is 314 g/mol. The van der Waals surface area contributed by atoms with E-state index in [0.717, 1.165) is 11.5 Å². The van der Waals surface area contributed by atoms with Crippen molar-refractivity contribution in [1.29, 1.82) is 0 Å². The van der Waals surface area contributed by atoms with Crippen molar-refractivity contribution in [3.8, 4) is 11.5 Å². The second kappa shape index (κ2) is 4.88. The Morgan fingerprint density at radius 2 is 0.875 bits per heavy atom. The summed E-state index contributed by atoms with van der Waals surface area (Å²) in [7, 11) is 3.50. The second-order valence-corrected chi connectivity index (χ2v) is 6.42. The molecule has 0 saturated heterocycles. The lowest BCUT2D eigenvalue weighted by Gasteiger charge is -2.43. The molecule has 24 heavy (non-hydrogen) atoms. The van der Waals surface area contributed by atoms with Crippen LogP contribution in [0.25, 0.3) is 0 Å². The maximum Gasteiger partial charge on any atom is 0.123 e. The third kappa shape index (κ3) is 1.56. The molecule has 3 aromatic carbocycles. The first-order chi connectivity index (χ1) is 11.8. The third-order valence-electron chi connectivity index (χ3n) is 5.46. The molecule has 2 bridgehead atoms. The van der Waals surface area contributed by atoms with Crippen molar-refractivity contribution < 1.29 is 9.47 Å². The van der Waals surface area contributed by atoms with Crippen LogP contribution in [0.4, 0.5) is 0 Å². The highest BCUT2D eigenvalue weighted by molar-refractivity contribution is 5.73. The van der Waals surface area contributed by atoms with Crippen molar-refractivity contribution in [3.05, 3.63) is 94.0 Å². The highest BCUT2D eigenvalue weighted by atomic mass is 16.5. The van der Waals surface area contributed by atoms with Gasteiger partial charge in [0.05, 0.1) is 14.2 Å². The average molecular weight is 314 g/mol. The molecule has 2 heteroatoms. The summed E-state index contributed by atoms with van der Waals surface area (Å²) >= 11 is 0. The summed E-state index contributed by atoms with van der Waals surface area (Å²) in [5.41, 5.74) is 8.08. The van der Waals surface area contributed by atoms with Crippen LogP contribution in [-0.2, 0) is 0 Å². The van der Waals surface area contributed by atoms with E-state index in [1.165, 1.54) is 33.4 Å². The Hall–Kier alpha value is -2.74. The minimum Gasteiger partial charge on any atom is -0.496 e. The number of rotatable bonds is 2. The van der Waals surface area contributed by atoms with Gasteiger partial charge in [-0.15, -0.1) is 0 Å². The topological polar surface area (TPSA) is 18.5 Å². The molecule has 0 amide bonds. The van der Waals surface area contributed by atoms with Gasteiger partial charge in [0.2, 0.25) is 0 Å². The highest BCUT2D eigenvalue weighted by Crippen LogP contribution is 2.59. The van der Waals surface area contributed by atoms with Gasteiger partial charge in [-0.1, -0.05) is 48.5 Å². The molecule has 0 radical (unpaired) electrons. The third-order valence-corrected chi connectivity index (χ3v) is 5.46. The summed E-state index contributed by atoms with van der Waals surface area (Å²) in [5, 5.41) is 0. The van der Waals surface area contributed by atoms with E-state index < -0.39 is 0 Å². The van der Waals surface area contributed by atoms with Crippen LogP contribution in [0.2, 0.25) is 0 Å². The number of benzene rings is 3. The Kier molecular flexibility index (Phi) is 2.78. The zero-order valence-electron chi connectivity index (χ0n) is 13.7. The molecule has 2 nitrogen and oxygen atoms in total. The van der Waals surface area contributed by atoms with E-state index in [0.29, 0.717) is 0 Å². The normalized spacial score (nSPS) is 19.2. The van der Waals surface area contributed by atoms with E-state index in [1.807, 2.05) is 12.1 Å². The van der Waals surface area contributed by atoms with Crippen molar-refractivity contribution in [1.82, 2.24) is 0 Å². The lowest BCUT2D eigenvalue weighted by molar-refractivity contribution is 0.390. The van der Waals surface area contributed by atoms with E-state index >= 15 is 0 Å². The van der Waals surface area contributed by atoms with Gasteiger partial charge in [-0.2, -0.15) is 0 Å². The SMILES string of the molecule is COc1ccc(OC)c2c1C1c3ccccc3C2c2ccccc21. The van der Waals surface area contributed by atoms with Crippen LogP contribution in [0.5, 0.6) is 11.5 Å². The van der Waals surface area contributed by atoms with Crippen LogP contribution < -0.4 is 9.47 Å². The predicted octanol–water partition coefficient (Wildman–Crippen LogP) is 4.69. The quantitative estimate of drug-likeness (QED) is 0.470. The van der Waals surface area contributed by atoms with E-state index in [-0.39, 0.29) is 11.8 Å². The molecule has 3 aromatic rings. The van der Waals surface area contributed by atoms with E-state index in [2.05, 4.69) is 48.5 Å². The largest absolute Gasteiger partial charge is 0.496 e. The van der Waals surface area contributed by atoms with Crippen molar-refractivity contribution in [2.45, 2.75) is 11.8 Å². The van der Waals surface area contributed by atoms with Crippen molar-refractivity contribution in [3.63, 3.8) is 0 Å². The Morgan fingerprint density at radius 3 is 1.17 bits per heavy atom. The maximum atomic E-state index is 5.74. The number of ether oxygens (including phenoxy) is 2. The fraction of sp³-hybridized carbons (Fsp3) is 0.182. The Morgan fingerprint density at radius 1 is 0.542 bits per heavy atom. The lowest BCUT2D eigenvalue weighted by atomic mass is 9.60. The first-order valence-electron chi connectivity index (χ1n) is 8.27. The molecule has 3 aliphatic rings. The van der Waals surface area contributed by atoms with Crippen LogP contribution in [-0.4, -0.2) is 14.2 Å². The van der Waals surface area contributed by atoms with Crippen LogP contribution in [0, 0.1) is 0 Å². The molecule has 0 aliphatic heterocycles. The highest BCUT2D eigenvalue weighted by Gasteiger charge is 2.44. The lowest BCUT2D eigenvalue weighted by Crippen LogP contribution is -2.28. The number of hydrogen-bond donors (Lipinski definition) is 0. The molecule has 3 aliphatic carbocycles. The van der Waals surface area contributed by atoms with Crippen molar-refractivity contribution in [2.75, 3.05) is 14.2 Å². The Balaban J connectivity index is 1.93. The molecular formula is C22H18O2. The summed E-state index contributed by atoms with van der Waals surface area (Å²) in [5.74, 6) is 2.32. The fourth-order valence-electron chi connectivity index (χ4n) is 4.58. The average Bonchev–Trinajstić information content (AvgIpc) is 2.66. The Labute approximate surface area is 141 Å². The van der Waals surface area contributed by atoms with E-state index in [1.54, 1.807) is 14.2 Å². The van der Waals surface area contributed by atoms with Crippen molar-refractivity contribution in [2.24, 2.45) is 0 Å². The molecule has 0 atom stereocenters. The summed E-state index contributed by atoms with van der Waals surface area (Å²) in [4.78, 5) is 0. The minimum atomic E-state index is 0.211. The minimum absolute atomic E-state index is 0.211. The van der Waals surface area contributed by atoms with Gasteiger partial charge >= 0.3 is 0 Å². The summed E-state index contributed by atoms with van der Waals surface area (Å²) < 4.78 is 11.5. The summed E-state index contributed by atoms with van der Waals surface area (Å²) in [6, 6.07) is 21.6. The van der Waals surface area contributed by atoms with Gasteiger partial charge in [0.25, 0.3) is 0 Å². The summed E-state index contributed by atoms with van der Waals surface area (Å²) in [6.07, 6.45) is 0. The van der Waals surface area contributed by atoms with Gasteiger partial charge in [-0.25, -0.2) is 0 Å². The second-order valence-electron chi connectivity index (χ2n) is 6.42. The molecule has 118 valence electrons. The molecule has 0 unspecified atom stereocenters. The van der Waals surface area contributed by atoms with Crippen LogP contribution in [0.1, 0.15) is 45.2 Å². The zero-order valence-corrected chi connectivity index (χ0v) is 13.7. The molecule has 0 fully saturated rings. The smallest absolute Gasteiger partial charge is 0.123 e.